The van der Waals surface area contributed by atoms with Crippen LogP contribution in [0.5, 0.6) is 0 Å². The van der Waals surface area contributed by atoms with Crippen LogP contribution in [-0.4, -0.2) is 45.6 Å². The number of amides is 1. The first-order valence-corrected chi connectivity index (χ1v) is 7.18. The zero-order valence-corrected chi connectivity index (χ0v) is 13.4. The molecule has 0 aliphatic carbocycles. The number of rotatable bonds is 2. The monoisotopic (exact) mass is 331 g/mol. The Morgan fingerprint density at radius 3 is 2.16 bits per heavy atom. The summed E-state index contributed by atoms with van der Waals surface area (Å²) in [5.41, 5.74) is 10.0. The van der Waals surface area contributed by atoms with Crippen LogP contribution in [0.3, 0.4) is 0 Å². The van der Waals surface area contributed by atoms with Crippen molar-refractivity contribution in [2.75, 3.05) is 19.6 Å². The number of halogens is 3. The van der Waals surface area contributed by atoms with Crippen molar-refractivity contribution in [3.8, 4) is 0 Å². The largest absolute Gasteiger partial charge is 0.439 e. The molecule has 1 aliphatic heterocycles. The van der Waals surface area contributed by atoms with Crippen LogP contribution >= 0.6 is 34.8 Å². The first kappa shape index (κ1) is 17.1. The lowest BCUT2D eigenvalue weighted by atomic mass is 9.89. The van der Waals surface area contributed by atoms with Crippen molar-refractivity contribution in [2.45, 2.75) is 41.6 Å². The molecular formula is C11H20Cl3N3O2. The van der Waals surface area contributed by atoms with E-state index in [1.807, 2.05) is 0 Å². The summed E-state index contributed by atoms with van der Waals surface area (Å²) in [6, 6.07) is 0. The number of nitrogens with two attached hydrogens (primary N) is 2. The fourth-order valence-electron chi connectivity index (χ4n) is 1.68. The van der Waals surface area contributed by atoms with E-state index in [9.17, 15) is 4.79 Å². The molecule has 0 radical (unpaired) electrons. The SMILES string of the molecule is CC(C)(OC(=O)N1CCC(N)(CN)CC1)C(Cl)(Cl)Cl. The molecule has 0 saturated carbocycles. The van der Waals surface area contributed by atoms with Gasteiger partial charge in [0.1, 0.15) is 0 Å². The number of alkyl halides is 3. The predicted molar refractivity (Wildman–Crippen MR) is 77.6 cm³/mol. The lowest BCUT2D eigenvalue weighted by molar-refractivity contribution is 0.00888. The number of carbonyl (C=O) groups excluding carboxylic acids is 1. The van der Waals surface area contributed by atoms with Crippen LogP contribution in [0.1, 0.15) is 26.7 Å². The fourth-order valence-corrected chi connectivity index (χ4v) is 1.80. The molecule has 8 heteroatoms. The van der Waals surface area contributed by atoms with Crippen LogP contribution in [-0.2, 0) is 4.74 Å². The first-order chi connectivity index (χ1) is 8.51. The van der Waals surface area contributed by atoms with Gasteiger partial charge in [0.05, 0.1) is 0 Å². The summed E-state index contributed by atoms with van der Waals surface area (Å²) in [5, 5.41) is 0. The van der Waals surface area contributed by atoms with Crippen LogP contribution in [0, 0.1) is 0 Å². The Balaban J connectivity index is 2.58. The number of piperidine rings is 1. The molecule has 1 fully saturated rings. The molecule has 1 amide bonds. The van der Waals surface area contributed by atoms with Crippen LogP contribution in [0.15, 0.2) is 0 Å². The molecule has 0 atom stereocenters. The highest BCUT2D eigenvalue weighted by Crippen LogP contribution is 2.40. The van der Waals surface area contributed by atoms with E-state index in [4.69, 9.17) is 51.0 Å². The van der Waals surface area contributed by atoms with E-state index in [1.165, 1.54) is 0 Å². The molecule has 0 unspecified atom stereocenters. The third kappa shape index (κ3) is 4.26. The van der Waals surface area contributed by atoms with E-state index >= 15 is 0 Å². The average molecular weight is 333 g/mol. The number of hydrogen-bond donors (Lipinski definition) is 2. The summed E-state index contributed by atoms with van der Waals surface area (Å²) in [4.78, 5) is 13.6. The van der Waals surface area contributed by atoms with E-state index in [0.29, 0.717) is 32.5 Å². The Kier molecular flexibility index (Phi) is 5.24. The molecule has 112 valence electrons. The van der Waals surface area contributed by atoms with Crippen molar-refractivity contribution in [1.29, 1.82) is 0 Å². The van der Waals surface area contributed by atoms with Crippen LogP contribution in [0.25, 0.3) is 0 Å². The molecule has 1 heterocycles. The van der Waals surface area contributed by atoms with Gasteiger partial charge in [-0.05, 0) is 26.7 Å². The third-order valence-corrected chi connectivity index (χ3v) is 4.81. The molecule has 0 aromatic carbocycles. The number of likely N-dealkylation sites (tertiary alicyclic amines) is 1. The fraction of sp³-hybridized carbons (Fsp3) is 0.909. The molecule has 0 bridgehead atoms. The zero-order chi connectivity index (χ0) is 14.9. The van der Waals surface area contributed by atoms with Gasteiger partial charge in [0, 0.05) is 25.2 Å². The smallest absolute Gasteiger partial charge is 0.410 e. The molecule has 1 rings (SSSR count). The van der Waals surface area contributed by atoms with Crippen molar-refractivity contribution in [1.82, 2.24) is 4.90 Å². The number of hydrogen-bond acceptors (Lipinski definition) is 4. The molecular weight excluding hydrogens is 312 g/mol. The summed E-state index contributed by atoms with van der Waals surface area (Å²) in [7, 11) is 0. The second kappa shape index (κ2) is 5.82. The molecule has 0 aromatic rings. The summed E-state index contributed by atoms with van der Waals surface area (Å²) in [6.45, 7) is 4.48. The Labute approximate surface area is 128 Å². The van der Waals surface area contributed by atoms with Crippen LogP contribution in [0.2, 0.25) is 0 Å². The quantitative estimate of drug-likeness (QED) is 0.758. The first-order valence-electron chi connectivity index (χ1n) is 6.04. The summed E-state index contributed by atoms with van der Waals surface area (Å²) < 4.78 is 3.58. The molecule has 0 aromatic heterocycles. The normalized spacial score (nSPS) is 20.3. The summed E-state index contributed by atoms with van der Waals surface area (Å²) >= 11 is 17.3. The van der Waals surface area contributed by atoms with E-state index < -0.39 is 21.0 Å². The molecule has 0 spiro atoms. The van der Waals surface area contributed by atoms with Gasteiger partial charge in [0.2, 0.25) is 3.79 Å². The summed E-state index contributed by atoms with van der Waals surface area (Å²) in [6.07, 6.45) is 0.759. The van der Waals surface area contributed by atoms with Gasteiger partial charge in [-0.25, -0.2) is 4.79 Å². The Morgan fingerprint density at radius 2 is 1.79 bits per heavy atom. The lowest BCUT2D eigenvalue weighted by Gasteiger charge is -2.40. The van der Waals surface area contributed by atoms with Gasteiger partial charge in [-0.3, -0.25) is 0 Å². The van der Waals surface area contributed by atoms with Gasteiger partial charge >= 0.3 is 6.09 Å². The maximum Gasteiger partial charge on any atom is 0.410 e. The minimum Gasteiger partial charge on any atom is -0.439 e. The molecule has 5 nitrogen and oxygen atoms in total. The second-order valence-electron chi connectivity index (χ2n) is 5.43. The van der Waals surface area contributed by atoms with E-state index in [0.717, 1.165) is 0 Å². The Morgan fingerprint density at radius 1 is 1.32 bits per heavy atom. The Bertz CT molecular complexity index is 337. The molecule has 19 heavy (non-hydrogen) atoms. The number of ether oxygens (including phenoxy) is 1. The van der Waals surface area contributed by atoms with Crippen molar-refractivity contribution in [2.24, 2.45) is 11.5 Å². The van der Waals surface area contributed by atoms with E-state index in [2.05, 4.69) is 0 Å². The van der Waals surface area contributed by atoms with Crippen LogP contribution < -0.4 is 11.5 Å². The van der Waals surface area contributed by atoms with Crippen molar-refractivity contribution >= 4 is 40.9 Å². The average Bonchev–Trinajstić information content (AvgIpc) is 2.27. The lowest BCUT2D eigenvalue weighted by Crippen LogP contribution is -2.56. The number of nitrogens with zero attached hydrogens (tertiary/aromatic N) is 1. The highest BCUT2D eigenvalue weighted by Gasteiger charge is 2.45. The number of carbonyl (C=O) groups is 1. The Hall–Kier alpha value is 0.0600. The minimum atomic E-state index is -1.69. The third-order valence-electron chi connectivity index (χ3n) is 3.45. The zero-order valence-electron chi connectivity index (χ0n) is 11.1. The highest BCUT2D eigenvalue weighted by atomic mass is 35.6. The molecule has 1 saturated heterocycles. The van der Waals surface area contributed by atoms with Gasteiger partial charge in [0.25, 0.3) is 0 Å². The van der Waals surface area contributed by atoms with Gasteiger partial charge < -0.3 is 21.1 Å². The second-order valence-corrected chi connectivity index (χ2v) is 7.71. The van der Waals surface area contributed by atoms with Gasteiger partial charge in [0.15, 0.2) is 5.60 Å². The van der Waals surface area contributed by atoms with Crippen molar-refractivity contribution in [3.63, 3.8) is 0 Å². The standard InChI is InChI=1S/C11H20Cl3N3O2/c1-9(2,11(12,13)14)19-8(18)17-5-3-10(16,7-15)4-6-17/h3-7,15-16H2,1-2H3. The minimum absolute atomic E-state index is 0.398. The van der Waals surface area contributed by atoms with E-state index in [-0.39, 0.29) is 0 Å². The van der Waals surface area contributed by atoms with E-state index in [1.54, 1.807) is 18.7 Å². The highest BCUT2D eigenvalue weighted by molar-refractivity contribution is 6.68. The maximum absolute atomic E-state index is 12.0. The predicted octanol–water partition coefficient (Wildman–Crippen LogP) is 2.02. The molecule has 4 N–H and O–H groups in total. The van der Waals surface area contributed by atoms with Crippen molar-refractivity contribution in [3.05, 3.63) is 0 Å². The van der Waals surface area contributed by atoms with Crippen molar-refractivity contribution < 1.29 is 9.53 Å². The summed E-state index contributed by atoms with van der Waals surface area (Å²) in [5.74, 6) is 0. The van der Waals surface area contributed by atoms with Gasteiger partial charge in [-0.2, -0.15) is 0 Å². The topological polar surface area (TPSA) is 81.6 Å². The van der Waals surface area contributed by atoms with Crippen LogP contribution in [0.4, 0.5) is 4.79 Å². The molecule has 1 aliphatic rings. The van der Waals surface area contributed by atoms with Gasteiger partial charge in [-0.15, -0.1) is 0 Å². The van der Waals surface area contributed by atoms with Gasteiger partial charge in [-0.1, -0.05) is 34.8 Å². The maximum atomic E-state index is 12.0.